The largest absolute Gasteiger partial charge is 0.390 e. The van der Waals surface area contributed by atoms with Gasteiger partial charge in [-0.1, -0.05) is 0 Å². The third-order valence-corrected chi connectivity index (χ3v) is 3.21. The molecule has 1 heterocycles. The van der Waals surface area contributed by atoms with Crippen LogP contribution in [0.1, 0.15) is 27.7 Å². The second kappa shape index (κ2) is 5.14. The van der Waals surface area contributed by atoms with Gasteiger partial charge in [0.1, 0.15) is 0 Å². The van der Waals surface area contributed by atoms with Crippen LogP contribution in [0.4, 0.5) is 5.00 Å². The molecule has 0 aliphatic rings. The van der Waals surface area contributed by atoms with Crippen LogP contribution in [0.25, 0.3) is 0 Å². The van der Waals surface area contributed by atoms with E-state index in [4.69, 9.17) is 10.5 Å². The van der Waals surface area contributed by atoms with Crippen molar-refractivity contribution in [1.29, 1.82) is 0 Å². The molecular formula is C10H16N2O2S. The molecule has 0 aliphatic heterocycles. The summed E-state index contributed by atoms with van der Waals surface area (Å²) in [6, 6.07) is 0. The van der Waals surface area contributed by atoms with Gasteiger partial charge in [-0.3, -0.25) is 4.79 Å². The third kappa shape index (κ3) is 2.49. The molecule has 0 aliphatic carbocycles. The highest BCUT2D eigenvalue weighted by molar-refractivity contribution is 7.16. The van der Waals surface area contributed by atoms with Crippen molar-refractivity contribution < 1.29 is 9.53 Å². The quantitative estimate of drug-likeness (QED) is 0.821. The molecule has 1 aromatic rings. The lowest BCUT2D eigenvalue weighted by molar-refractivity contribution is 0.0956. The van der Waals surface area contributed by atoms with Crippen LogP contribution in [-0.4, -0.2) is 19.6 Å². The van der Waals surface area contributed by atoms with E-state index < -0.39 is 0 Å². The second-order valence-corrected chi connectivity index (χ2v) is 4.32. The van der Waals surface area contributed by atoms with Crippen molar-refractivity contribution in [3.05, 3.63) is 16.0 Å². The molecule has 15 heavy (non-hydrogen) atoms. The number of hydrogen-bond acceptors (Lipinski definition) is 4. The van der Waals surface area contributed by atoms with Gasteiger partial charge in [0.05, 0.1) is 17.2 Å². The highest BCUT2D eigenvalue weighted by Gasteiger charge is 2.18. The predicted molar refractivity (Wildman–Crippen MR) is 62.2 cm³/mol. The number of carbonyl (C=O) groups is 1. The first kappa shape index (κ1) is 12.0. The molecule has 1 amide bonds. The Kier molecular flexibility index (Phi) is 4.11. The fraction of sp³-hybridized carbons (Fsp3) is 0.500. The summed E-state index contributed by atoms with van der Waals surface area (Å²) in [4.78, 5) is 12.7. The van der Waals surface area contributed by atoms with Crippen molar-refractivity contribution in [3.63, 3.8) is 0 Å². The summed E-state index contributed by atoms with van der Waals surface area (Å²) in [5, 5.41) is 3.31. The van der Waals surface area contributed by atoms with Gasteiger partial charge in [-0.2, -0.15) is 0 Å². The van der Waals surface area contributed by atoms with Gasteiger partial charge in [0, 0.05) is 18.5 Å². The van der Waals surface area contributed by atoms with E-state index in [0.29, 0.717) is 23.7 Å². The highest BCUT2D eigenvalue weighted by atomic mass is 32.1. The SMILES string of the molecule is CCNC(=O)c1c(N)sc(COC)c1C. The molecule has 0 bridgehead atoms. The molecule has 5 heteroatoms. The summed E-state index contributed by atoms with van der Waals surface area (Å²) >= 11 is 1.41. The summed E-state index contributed by atoms with van der Waals surface area (Å²) in [5.41, 5.74) is 7.32. The molecule has 4 nitrogen and oxygen atoms in total. The maximum absolute atomic E-state index is 11.7. The van der Waals surface area contributed by atoms with Crippen molar-refractivity contribution in [2.75, 3.05) is 19.4 Å². The maximum atomic E-state index is 11.7. The molecule has 0 saturated heterocycles. The van der Waals surface area contributed by atoms with Gasteiger partial charge in [0.25, 0.3) is 5.91 Å². The second-order valence-electron chi connectivity index (χ2n) is 3.18. The lowest BCUT2D eigenvalue weighted by Gasteiger charge is -2.03. The molecular weight excluding hydrogens is 212 g/mol. The minimum Gasteiger partial charge on any atom is -0.390 e. The smallest absolute Gasteiger partial charge is 0.254 e. The number of carbonyl (C=O) groups excluding carboxylic acids is 1. The Balaban J connectivity index is 3.02. The number of nitrogens with two attached hydrogens (primary N) is 1. The summed E-state index contributed by atoms with van der Waals surface area (Å²) in [6.45, 7) is 4.88. The lowest BCUT2D eigenvalue weighted by Crippen LogP contribution is -2.23. The average Bonchev–Trinajstić information content (AvgIpc) is 2.43. The van der Waals surface area contributed by atoms with Crippen LogP contribution in [0.5, 0.6) is 0 Å². The number of hydrogen-bond donors (Lipinski definition) is 2. The Morgan fingerprint density at radius 3 is 2.80 bits per heavy atom. The van der Waals surface area contributed by atoms with Crippen molar-refractivity contribution in [2.45, 2.75) is 20.5 Å². The van der Waals surface area contributed by atoms with E-state index >= 15 is 0 Å². The number of methoxy groups -OCH3 is 1. The first-order valence-corrected chi connectivity index (χ1v) is 5.58. The van der Waals surface area contributed by atoms with Gasteiger partial charge < -0.3 is 15.8 Å². The van der Waals surface area contributed by atoms with E-state index in [2.05, 4.69) is 5.32 Å². The van der Waals surface area contributed by atoms with E-state index in [-0.39, 0.29) is 5.91 Å². The fourth-order valence-electron chi connectivity index (χ4n) is 1.38. The minimum atomic E-state index is -0.105. The van der Waals surface area contributed by atoms with Crippen LogP contribution < -0.4 is 11.1 Å². The van der Waals surface area contributed by atoms with Crippen LogP contribution in [0, 0.1) is 6.92 Å². The van der Waals surface area contributed by atoms with Gasteiger partial charge in [-0.25, -0.2) is 0 Å². The minimum absolute atomic E-state index is 0.105. The van der Waals surface area contributed by atoms with E-state index in [1.165, 1.54) is 11.3 Å². The number of amides is 1. The summed E-state index contributed by atoms with van der Waals surface area (Å²) in [7, 11) is 1.63. The number of nitrogens with one attached hydrogen (secondary N) is 1. The first-order valence-electron chi connectivity index (χ1n) is 4.76. The van der Waals surface area contributed by atoms with Crippen LogP contribution in [0.2, 0.25) is 0 Å². The number of ether oxygens (including phenoxy) is 1. The molecule has 1 aromatic heterocycles. The van der Waals surface area contributed by atoms with Crippen LogP contribution in [0.15, 0.2) is 0 Å². The molecule has 0 saturated carbocycles. The third-order valence-electron chi connectivity index (χ3n) is 2.11. The normalized spacial score (nSPS) is 10.3. The number of rotatable bonds is 4. The topological polar surface area (TPSA) is 64.4 Å². The van der Waals surface area contributed by atoms with Gasteiger partial charge in [0.15, 0.2) is 0 Å². The van der Waals surface area contributed by atoms with Crippen LogP contribution in [-0.2, 0) is 11.3 Å². The van der Waals surface area contributed by atoms with Crippen molar-refractivity contribution in [2.24, 2.45) is 0 Å². The Labute approximate surface area is 93.4 Å². The number of nitrogen functional groups attached to an aromatic ring is 1. The van der Waals surface area contributed by atoms with Crippen molar-refractivity contribution in [3.8, 4) is 0 Å². The highest BCUT2D eigenvalue weighted by Crippen LogP contribution is 2.30. The fourth-order valence-corrected chi connectivity index (χ4v) is 2.43. The molecule has 1 rings (SSSR count). The Bertz CT molecular complexity index is 361. The molecule has 0 spiro atoms. The lowest BCUT2D eigenvalue weighted by atomic mass is 10.1. The Morgan fingerprint density at radius 1 is 1.60 bits per heavy atom. The molecule has 0 radical (unpaired) electrons. The monoisotopic (exact) mass is 228 g/mol. The number of anilines is 1. The average molecular weight is 228 g/mol. The van der Waals surface area contributed by atoms with Gasteiger partial charge in [-0.05, 0) is 19.4 Å². The van der Waals surface area contributed by atoms with E-state index in [0.717, 1.165) is 10.4 Å². The van der Waals surface area contributed by atoms with Gasteiger partial charge in [0.2, 0.25) is 0 Å². The molecule has 0 aromatic carbocycles. The summed E-state index contributed by atoms with van der Waals surface area (Å²) in [6.07, 6.45) is 0. The van der Waals surface area contributed by atoms with Crippen molar-refractivity contribution >= 4 is 22.2 Å². The van der Waals surface area contributed by atoms with E-state index in [1.807, 2.05) is 13.8 Å². The molecule has 0 atom stereocenters. The summed E-state index contributed by atoms with van der Waals surface area (Å²) in [5.74, 6) is -0.105. The Morgan fingerprint density at radius 2 is 2.27 bits per heavy atom. The predicted octanol–water partition coefficient (Wildman–Crippen LogP) is 1.53. The maximum Gasteiger partial charge on any atom is 0.254 e. The zero-order valence-electron chi connectivity index (χ0n) is 9.22. The molecule has 84 valence electrons. The van der Waals surface area contributed by atoms with E-state index in [9.17, 15) is 4.79 Å². The van der Waals surface area contributed by atoms with Crippen LogP contribution in [0.3, 0.4) is 0 Å². The van der Waals surface area contributed by atoms with Gasteiger partial charge >= 0.3 is 0 Å². The molecule has 0 fully saturated rings. The van der Waals surface area contributed by atoms with Crippen molar-refractivity contribution in [1.82, 2.24) is 5.32 Å². The first-order chi connectivity index (χ1) is 7.11. The van der Waals surface area contributed by atoms with Crippen LogP contribution >= 0.6 is 11.3 Å². The zero-order valence-corrected chi connectivity index (χ0v) is 10.0. The Hall–Kier alpha value is -1.07. The number of thiophene rings is 1. The standard InChI is InChI=1S/C10H16N2O2S/c1-4-12-10(13)8-6(2)7(5-14-3)15-9(8)11/h4-5,11H2,1-3H3,(H,12,13). The summed E-state index contributed by atoms with van der Waals surface area (Å²) < 4.78 is 5.04. The molecule has 0 unspecified atom stereocenters. The zero-order chi connectivity index (χ0) is 11.4. The van der Waals surface area contributed by atoms with E-state index in [1.54, 1.807) is 7.11 Å². The van der Waals surface area contributed by atoms with Gasteiger partial charge in [-0.15, -0.1) is 11.3 Å². The molecule has 3 N–H and O–H groups in total.